The summed E-state index contributed by atoms with van der Waals surface area (Å²) in [5.74, 6) is 0.566. The van der Waals surface area contributed by atoms with E-state index in [4.69, 9.17) is 10.5 Å². The summed E-state index contributed by atoms with van der Waals surface area (Å²) in [5, 5.41) is 3.36. The van der Waals surface area contributed by atoms with Crippen molar-refractivity contribution in [2.75, 3.05) is 51.3 Å². The highest BCUT2D eigenvalue weighted by molar-refractivity contribution is 5.87. The van der Waals surface area contributed by atoms with Gasteiger partial charge in [0.25, 0.3) is 0 Å². The number of nitrogens with zero attached hydrogens (tertiary/aromatic N) is 2. The second kappa shape index (κ2) is 8.38. The van der Waals surface area contributed by atoms with E-state index in [1.807, 2.05) is 36.4 Å². The molecule has 1 heterocycles. The van der Waals surface area contributed by atoms with Gasteiger partial charge in [-0.05, 0) is 30.7 Å². The number of ether oxygens (including phenoxy) is 1. The highest BCUT2D eigenvalue weighted by atomic mass is 16.5. The number of nitrogens with two attached hydrogens (primary N) is 1. The molecule has 140 valence electrons. The lowest BCUT2D eigenvalue weighted by molar-refractivity contribution is -0.122. The van der Waals surface area contributed by atoms with Gasteiger partial charge in [0.05, 0.1) is 7.11 Å². The first kappa shape index (κ1) is 18.5. The van der Waals surface area contributed by atoms with Crippen molar-refractivity contribution in [1.82, 2.24) is 10.2 Å². The Morgan fingerprint density at radius 2 is 1.92 bits per heavy atom. The zero-order chi connectivity index (χ0) is 18.4. The largest absolute Gasteiger partial charge is 0.497 e. The Morgan fingerprint density at radius 3 is 2.50 bits per heavy atom. The molecule has 1 atom stereocenters. The Kier molecular flexibility index (Phi) is 5.96. The molecule has 1 aromatic carbocycles. The Labute approximate surface area is 155 Å². The standard InChI is InChI=1S/C20H28N4O2/c1-26-18-7-5-17(6-8-18)24-15-13-23(14-16-24)12-11-22-20(19(21)25)9-3-2-4-10-20/h2-9,22H,10-16H2,1H3,(H2,21,25). The molecule has 3 rings (SSSR count). The Hall–Kier alpha value is -2.31. The van der Waals surface area contributed by atoms with Gasteiger partial charge < -0.3 is 15.4 Å². The summed E-state index contributed by atoms with van der Waals surface area (Å²) in [5.41, 5.74) is 6.10. The van der Waals surface area contributed by atoms with Crippen LogP contribution in [0.25, 0.3) is 0 Å². The van der Waals surface area contributed by atoms with Crippen LogP contribution in [0, 0.1) is 0 Å². The molecule has 2 aliphatic rings. The lowest BCUT2D eigenvalue weighted by Gasteiger charge is -2.37. The first-order chi connectivity index (χ1) is 12.6. The van der Waals surface area contributed by atoms with Crippen molar-refractivity contribution in [3.8, 4) is 5.75 Å². The topological polar surface area (TPSA) is 70.8 Å². The van der Waals surface area contributed by atoms with Crippen LogP contribution in [0.15, 0.2) is 48.6 Å². The molecule has 1 aliphatic carbocycles. The fraction of sp³-hybridized carbons (Fsp3) is 0.450. The summed E-state index contributed by atoms with van der Waals surface area (Å²) in [7, 11) is 1.68. The number of hydrogen-bond donors (Lipinski definition) is 2. The van der Waals surface area contributed by atoms with Gasteiger partial charge in [0.1, 0.15) is 11.3 Å². The maximum absolute atomic E-state index is 11.8. The number of amides is 1. The third kappa shape index (κ3) is 4.26. The number of methoxy groups -OCH3 is 1. The lowest BCUT2D eigenvalue weighted by atomic mass is 9.90. The van der Waals surface area contributed by atoms with Gasteiger partial charge in [-0.15, -0.1) is 0 Å². The van der Waals surface area contributed by atoms with Crippen molar-refractivity contribution < 1.29 is 9.53 Å². The van der Waals surface area contributed by atoms with Crippen LogP contribution in [-0.2, 0) is 4.79 Å². The summed E-state index contributed by atoms with van der Waals surface area (Å²) in [6.07, 6.45) is 8.29. The third-order valence-electron chi connectivity index (χ3n) is 5.19. The van der Waals surface area contributed by atoms with E-state index in [9.17, 15) is 4.79 Å². The van der Waals surface area contributed by atoms with Crippen LogP contribution in [0.2, 0.25) is 0 Å². The smallest absolute Gasteiger partial charge is 0.242 e. The minimum Gasteiger partial charge on any atom is -0.497 e. The average Bonchev–Trinajstić information content (AvgIpc) is 2.69. The lowest BCUT2D eigenvalue weighted by Crippen LogP contribution is -2.56. The van der Waals surface area contributed by atoms with Gasteiger partial charge in [0.15, 0.2) is 0 Å². The number of piperazine rings is 1. The second-order valence-electron chi connectivity index (χ2n) is 6.78. The first-order valence-electron chi connectivity index (χ1n) is 9.14. The van der Waals surface area contributed by atoms with Gasteiger partial charge in [-0.1, -0.05) is 24.3 Å². The third-order valence-corrected chi connectivity index (χ3v) is 5.19. The van der Waals surface area contributed by atoms with Crippen molar-refractivity contribution >= 4 is 11.6 Å². The normalized spacial score (nSPS) is 23.2. The van der Waals surface area contributed by atoms with Gasteiger partial charge in [-0.2, -0.15) is 0 Å². The minimum atomic E-state index is -0.736. The van der Waals surface area contributed by atoms with Crippen LogP contribution in [0.3, 0.4) is 0 Å². The number of primary amides is 1. The molecule has 1 fully saturated rings. The average molecular weight is 356 g/mol. The molecule has 0 saturated carbocycles. The van der Waals surface area contributed by atoms with Gasteiger partial charge >= 0.3 is 0 Å². The van der Waals surface area contributed by atoms with E-state index >= 15 is 0 Å². The number of anilines is 1. The number of hydrogen-bond acceptors (Lipinski definition) is 5. The van der Waals surface area contributed by atoms with Crippen LogP contribution >= 0.6 is 0 Å². The maximum Gasteiger partial charge on any atom is 0.242 e. The fourth-order valence-electron chi connectivity index (χ4n) is 3.48. The molecular formula is C20H28N4O2. The molecule has 1 unspecified atom stereocenters. The van der Waals surface area contributed by atoms with Crippen molar-refractivity contribution in [3.05, 3.63) is 48.6 Å². The Balaban J connectivity index is 1.44. The Morgan fingerprint density at radius 1 is 1.19 bits per heavy atom. The van der Waals surface area contributed by atoms with Gasteiger partial charge in [-0.25, -0.2) is 0 Å². The summed E-state index contributed by atoms with van der Waals surface area (Å²) in [6.45, 7) is 5.65. The molecular weight excluding hydrogens is 328 g/mol. The predicted molar refractivity (Wildman–Crippen MR) is 104 cm³/mol. The van der Waals surface area contributed by atoms with Gasteiger partial charge in [-0.3, -0.25) is 15.0 Å². The first-order valence-corrected chi connectivity index (χ1v) is 9.14. The van der Waals surface area contributed by atoms with E-state index in [-0.39, 0.29) is 5.91 Å². The molecule has 0 spiro atoms. The van der Waals surface area contributed by atoms with Crippen molar-refractivity contribution in [2.24, 2.45) is 5.73 Å². The summed E-state index contributed by atoms with van der Waals surface area (Å²) in [4.78, 5) is 16.7. The van der Waals surface area contributed by atoms with Crippen LogP contribution in [0.4, 0.5) is 5.69 Å². The fourth-order valence-corrected chi connectivity index (χ4v) is 3.48. The molecule has 6 nitrogen and oxygen atoms in total. The monoisotopic (exact) mass is 356 g/mol. The molecule has 0 bridgehead atoms. The molecule has 1 aliphatic heterocycles. The van der Waals surface area contributed by atoms with E-state index in [1.54, 1.807) is 7.11 Å². The summed E-state index contributed by atoms with van der Waals surface area (Å²) >= 11 is 0. The molecule has 6 heteroatoms. The molecule has 0 aromatic heterocycles. The zero-order valence-electron chi connectivity index (χ0n) is 15.4. The molecule has 3 N–H and O–H groups in total. The molecule has 1 saturated heterocycles. The highest BCUT2D eigenvalue weighted by Gasteiger charge is 2.33. The van der Waals surface area contributed by atoms with E-state index in [0.717, 1.165) is 45.0 Å². The number of carbonyl (C=O) groups excluding carboxylic acids is 1. The Bertz CT molecular complexity index is 663. The van der Waals surface area contributed by atoms with E-state index < -0.39 is 5.54 Å². The minimum absolute atomic E-state index is 0.317. The molecule has 26 heavy (non-hydrogen) atoms. The number of benzene rings is 1. The maximum atomic E-state index is 11.8. The SMILES string of the molecule is COc1ccc(N2CCN(CCNC3(C(N)=O)C=CC=CC3)CC2)cc1. The number of allylic oxidation sites excluding steroid dienone is 2. The highest BCUT2D eigenvalue weighted by Crippen LogP contribution is 2.21. The summed E-state index contributed by atoms with van der Waals surface area (Å²) in [6, 6.07) is 8.22. The van der Waals surface area contributed by atoms with Crippen molar-refractivity contribution in [1.29, 1.82) is 0 Å². The van der Waals surface area contributed by atoms with Crippen LogP contribution in [0.1, 0.15) is 6.42 Å². The molecule has 0 radical (unpaired) electrons. The number of rotatable bonds is 7. The second-order valence-corrected chi connectivity index (χ2v) is 6.78. The quantitative estimate of drug-likeness (QED) is 0.767. The van der Waals surface area contributed by atoms with Crippen LogP contribution in [0.5, 0.6) is 5.75 Å². The van der Waals surface area contributed by atoms with E-state index in [1.165, 1.54) is 5.69 Å². The van der Waals surface area contributed by atoms with Gasteiger partial charge in [0.2, 0.25) is 5.91 Å². The number of nitrogens with one attached hydrogen (secondary N) is 1. The molecule has 1 aromatic rings. The van der Waals surface area contributed by atoms with Crippen LogP contribution < -0.4 is 20.7 Å². The van der Waals surface area contributed by atoms with Crippen LogP contribution in [-0.4, -0.2) is 62.7 Å². The zero-order valence-corrected chi connectivity index (χ0v) is 15.4. The van der Waals surface area contributed by atoms with Gasteiger partial charge in [0, 0.05) is 45.0 Å². The molecule has 1 amide bonds. The summed E-state index contributed by atoms with van der Waals surface area (Å²) < 4.78 is 5.22. The number of carbonyl (C=O) groups is 1. The van der Waals surface area contributed by atoms with Crippen molar-refractivity contribution in [3.63, 3.8) is 0 Å². The predicted octanol–water partition coefficient (Wildman–Crippen LogP) is 1.15. The van der Waals surface area contributed by atoms with Crippen molar-refractivity contribution in [2.45, 2.75) is 12.0 Å². The van der Waals surface area contributed by atoms with E-state index in [2.05, 4.69) is 27.2 Å². The van der Waals surface area contributed by atoms with E-state index in [0.29, 0.717) is 6.42 Å².